The van der Waals surface area contributed by atoms with Gasteiger partial charge in [-0.1, -0.05) is 18.2 Å². The molecule has 0 atom stereocenters. The van der Waals surface area contributed by atoms with Crippen LogP contribution in [0.2, 0.25) is 0 Å². The Kier molecular flexibility index (Phi) is 2.93. The Hall–Kier alpha value is -1.03. The lowest BCUT2D eigenvalue weighted by molar-refractivity contribution is -0.137. The van der Waals surface area contributed by atoms with Crippen LogP contribution in [-0.2, 0) is 12.7 Å². The van der Waals surface area contributed by atoms with Crippen molar-refractivity contribution in [3.63, 3.8) is 0 Å². The molecule has 13 heavy (non-hydrogen) atoms. The summed E-state index contributed by atoms with van der Waals surface area (Å²) < 4.78 is 36.6. The van der Waals surface area contributed by atoms with E-state index in [4.69, 9.17) is 0 Å². The van der Waals surface area contributed by atoms with E-state index in [1.54, 1.807) is 13.1 Å². The molecule has 0 radical (unpaired) electrons. The molecule has 4 heteroatoms. The maximum atomic E-state index is 12.2. The highest BCUT2D eigenvalue weighted by Gasteiger charge is 2.30. The highest BCUT2D eigenvalue weighted by Crippen LogP contribution is 2.29. The normalized spacial score (nSPS) is 11.7. The molecule has 1 aromatic carbocycles. The average Bonchev–Trinajstić information content (AvgIpc) is 2.04. The lowest BCUT2D eigenvalue weighted by Crippen LogP contribution is -2.08. The largest absolute Gasteiger partial charge is 0.416 e. The molecular weight excluding hydrogens is 179 g/mol. The zero-order valence-electron chi connectivity index (χ0n) is 7.15. The second-order valence-electron chi connectivity index (χ2n) is 2.73. The summed E-state index contributed by atoms with van der Waals surface area (Å²) in [5.41, 5.74) is 0.0394. The summed E-state index contributed by atoms with van der Waals surface area (Å²) in [4.78, 5) is 0. The van der Waals surface area contributed by atoms with Gasteiger partial charge in [0, 0.05) is 7.97 Å². The Balaban J connectivity index is 0.00000169. The van der Waals surface area contributed by atoms with Gasteiger partial charge in [0.2, 0.25) is 0 Å². The fourth-order valence-electron chi connectivity index (χ4n) is 1.06. The fraction of sp³-hybridized carbons (Fsp3) is 0.333. The molecule has 1 N–H and O–H groups in total. The van der Waals surface area contributed by atoms with Gasteiger partial charge in [0.05, 0.1) is 5.56 Å². The van der Waals surface area contributed by atoms with Gasteiger partial charge < -0.3 is 5.32 Å². The van der Waals surface area contributed by atoms with Crippen molar-refractivity contribution in [1.82, 2.24) is 5.32 Å². The van der Waals surface area contributed by atoms with E-state index in [0.29, 0.717) is 12.1 Å². The van der Waals surface area contributed by atoms with Gasteiger partial charge in [-0.05, 0) is 18.7 Å². The van der Waals surface area contributed by atoms with Crippen molar-refractivity contribution in [3.8, 4) is 0 Å². The van der Waals surface area contributed by atoms with Crippen LogP contribution in [-0.4, -0.2) is 7.05 Å². The first kappa shape index (κ1) is 10.1. The molecule has 0 fully saturated rings. The predicted octanol–water partition coefficient (Wildman–Crippen LogP) is 2.67. The molecule has 1 rings (SSSR count). The third-order valence-corrected chi connectivity index (χ3v) is 1.64. The Labute approximate surface area is 76.1 Å². The van der Waals surface area contributed by atoms with Crippen LogP contribution in [0.15, 0.2) is 24.3 Å². The number of benzene rings is 1. The lowest BCUT2D eigenvalue weighted by atomic mass is 10.1. The van der Waals surface area contributed by atoms with E-state index in [-0.39, 0.29) is 1.43 Å². The second kappa shape index (κ2) is 3.79. The number of nitrogens with one attached hydrogen (secondary N) is 1. The van der Waals surface area contributed by atoms with Crippen LogP contribution in [0.4, 0.5) is 13.2 Å². The van der Waals surface area contributed by atoms with Gasteiger partial charge in [0.1, 0.15) is 0 Å². The van der Waals surface area contributed by atoms with Crippen molar-refractivity contribution < 1.29 is 14.6 Å². The quantitative estimate of drug-likeness (QED) is 0.757. The van der Waals surface area contributed by atoms with E-state index >= 15 is 0 Å². The van der Waals surface area contributed by atoms with Crippen LogP contribution in [0, 0.1) is 0 Å². The monoisotopic (exact) mass is 191 g/mol. The van der Waals surface area contributed by atoms with Crippen LogP contribution >= 0.6 is 0 Å². The van der Waals surface area contributed by atoms with E-state index in [9.17, 15) is 13.2 Å². The second-order valence-corrected chi connectivity index (χ2v) is 2.73. The molecule has 0 aliphatic rings. The van der Waals surface area contributed by atoms with Gasteiger partial charge in [-0.15, -0.1) is 0 Å². The Bertz CT molecular complexity index is 286. The van der Waals surface area contributed by atoms with Crippen molar-refractivity contribution in [1.29, 1.82) is 0 Å². The molecule has 1 nitrogen and oxygen atoms in total. The summed E-state index contributed by atoms with van der Waals surface area (Å²) in [6, 6.07) is 5.29. The van der Waals surface area contributed by atoms with Gasteiger partial charge in [-0.3, -0.25) is 0 Å². The molecule has 0 bridgehead atoms. The molecule has 0 aromatic heterocycles. The minimum atomic E-state index is -4.25. The predicted molar refractivity (Wildman–Crippen MR) is 46.3 cm³/mol. The SMILES string of the molecule is CNCc1cccc(C(F)(F)F)c1.[HH]. The van der Waals surface area contributed by atoms with Crippen molar-refractivity contribution in [2.24, 2.45) is 0 Å². The molecule has 0 saturated heterocycles. The molecule has 0 aliphatic carbocycles. The summed E-state index contributed by atoms with van der Waals surface area (Å²) in [5.74, 6) is 0. The maximum Gasteiger partial charge on any atom is 0.416 e. The van der Waals surface area contributed by atoms with Gasteiger partial charge in [-0.2, -0.15) is 13.2 Å². The van der Waals surface area contributed by atoms with Crippen LogP contribution in [0.3, 0.4) is 0 Å². The van der Waals surface area contributed by atoms with E-state index in [0.717, 1.165) is 12.1 Å². The molecule has 1 aromatic rings. The third kappa shape index (κ3) is 2.73. The average molecular weight is 191 g/mol. The number of alkyl halides is 3. The van der Waals surface area contributed by atoms with Crippen molar-refractivity contribution in [2.75, 3.05) is 7.05 Å². The van der Waals surface area contributed by atoms with Crippen LogP contribution in [0.1, 0.15) is 12.6 Å². The summed E-state index contributed by atoms with van der Waals surface area (Å²) in [5, 5.41) is 2.80. The first-order valence-corrected chi connectivity index (χ1v) is 3.85. The summed E-state index contributed by atoms with van der Waals surface area (Å²) >= 11 is 0. The number of hydrogen-bond donors (Lipinski definition) is 1. The van der Waals surface area contributed by atoms with E-state index in [1.807, 2.05) is 0 Å². The highest BCUT2D eigenvalue weighted by molar-refractivity contribution is 5.25. The zero-order valence-corrected chi connectivity index (χ0v) is 7.15. The van der Waals surface area contributed by atoms with Gasteiger partial charge >= 0.3 is 6.18 Å². The van der Waals surface area contributed by atoms with Crippen LogP contribution in [0.25, 0.3) is 0 Å². The highest BCUT2D eigenvalue weighted by atomic mass is 19.4. The molecule has 0 saturated carbocycles. The number of hydrogen-bond acceptors (Lipinski definition) is 1. The smallest absolute Gasteiger partial charge is 0.316 e. The molecule has 0 aliphatic heterocycles. The molecule has 0 unspecified atom stereocenters. The van der Waals surface area contributed by atoms with E-state index in [2.05, 4.69) is 5.32 Å². The number of halogens is 3. The minimum absolute atomic E-state index is 0. The molecule has 0 amide bonds. The van der Waals surface area contributed by atoms with Gasteiger partial charge in [-0.25, -0.2) is 0 Å². The fourth-order valence-corrected chi connectivity index (χ4v) is 1.06. The van der Waals surface area contributed by atoms with E-state index in [1.165, 1.54) is 6.07 Å². The van der Waals surface area contributed by atoms with Gasteiger partial charge in [0.15, 0.2) is 0 Å². The Morgan fingerprint density at radius 2 is 2.08 bits per heavy atom. The Morgan fingerprint density at radius 1 is 1.38 bits per heavy atom. The summed E-state index contributed by atoms with van der Waals surface area (Å²) in [6.45, 7) is 0.448. The zero-order chi connectivity index (χ0) is 9.90. The summed E-state index contributed by atoms with van der Waals surface area (Å²) in [6.07, 6.45) is -4.25. The first-order valence-electron chi connectivity index (χ1n) is 3.85. The molecule has 0 heterocycles. The molecular formula is C9H12F3N. The van der Waals surface area contributed by atoms with Crippen molar-refractivity contribution >= 4 is 0 Å². The lowest BCUT2D eigenvalue weighted by Gasteiger charge is -2.07. The maximum absolute atomic E-state index is 12.2. The molecule has 0 spiro atoms. The minimum Gasteiger partial charge on any atom is -0.316 e. The first-order chi connectivity index (χ1) is 6.04. The number of rotatable bonds is 2. The van der Waals surface area contributed by atoms with Crippen LogP contribution < -0.4 is 5.32 Å². The van der Waals surface area contributed by atoms with Crippen molar-refractivity contribution in [2.45, 2.75) is 12.7 Å². The summed E-state index contributed by atoms with van der Waals surface area (Å²) in [7, 11) is 1.69. The van der Waals surface area contributed by atoms with Gasteiger partial charge in [0.25, 0.3) is 0 Å². The topological polar surface area (TPSA) is 12.0 Å². The Morgan fingerprint density at radius 3 is 2.62 bits per heavy atom. The van der Waals surface area contributed by atoms with Crippen LogP contribution in [0.5, 0.6) is 0 Å². The van der Waals surface area contributed by atoms with E-state index < -0.39 is 11.7 Å². The van der Waals surface area contributed by atoms with Crippen molar-refractivity contribution in [3.05, 3.63) is 35.4 Å². The standard InChI is InChI=1S/C9H10F3N.H2/c1-13-6-7-3-2-4-8(5-7)9(10,11)12;/h2-5,13H,6H2,1H3;1H. The molecule has 74 valence electrons. The third-order valence-electron chi connectivity index (χ3n) is 1.64.